The lowest BCUT2D eigenvalue weighted by molar-refractivity contribution is -0.122. The van der Waals surface area contributed by atoms with Crippen LogP contribution >= 0.6 is 0 Å². The summed E-state index contributed by atoms with van der Waals surface area (Å²) in [4.78, 5) is 23.9. The summed E-state index contributed by atoms with van der Waals surface area (Å²) in [5.41, 5.74) is 3.40. The number of hydrogen-bond donors (Lipinski definition) is 2. The molecule has 4 aliphatic heterocycles. The number of amides is 1. The molecule has 3 fully saturated rings. The van der Waals surface area contributed by atoms with E-state index in [2.05, 4.69) is 33.0 Å². The van der Waals surface area contributed by atoms with E-state index in [9.17, 15) is 4.79 Å². The van der Waals surface area contributed by atoms with Crippen molar-refractivity contribution in [2.45, 2.75) is 38.3 Å². The summed E-state index contributed by atoms with van der Waals surface area (Å²) in [6, 6.07) is 8.70. The van der Waals surface area contributed by atoms with Gasteiger partial charge in [-0.25, -0.2) is 0 Å². The first-order chi connectivity index (χ1) is 12.7. The van der Waals surface area contributed by atoms with Crippen molar-refractivity contribution < 1.29 is 14.7 Å². The fourth-order valence-electron chi connectivity index (χ4n) is 4.90. The molecule has 5 heterocycles. The SMILES string of the molecule is O=C(N[C@H]1CN2CCC1CC2)c1c2n(c3ccccc13)CCC2.O=CO. The Morgan fingerprint density at radius 1 is 1.19 bits per heavy atom. The lowest BCUT2D eigenvalue weighted by Crippen LogP contribution is -2.57. The molecule has 6 nitrogen and oxygen atoms in total. The molecule has 6 rings (SSSR count). The Morgan fingerprint density at radius 2 is 1.92 bits per heavy atom. The summed E-state index contributed by atoms with van der Waals surface area (Å²) in [5.74, 6) is 0.821. The predicted octanol–water partition coefficient (Wildman–Crippen LogP) is 2.11. The van der Waals surface area contributed by atoms with Gasteiger partial charge in [0.2, 0.25) is 0 Å². The van der Waals surface area contributed by atoms with Crippen molar-refractivity contribution >= 4 is 23.3 Å². The molecular formula is C20H25N3O3. The molecule has 0 spiro atoms. The standard InChI is InChI=1S/C19H23N3O.CH2O2/c23-19(20-15-12-21-10-7-13(15)8-11-21)18-14-4-1-2-5-16(14)22-9-3-6-17(18)22;2-1-3/h1-2,4-5,13,15H,3,6-12H2,(H,20,23);1H,(H,2,3)/t15-;/m0./s1. The molecule has 1 atom stereocenters. The van der Waals surface area contributed by atoms with Crippen molar-refractivity contribution in [2.24, 2.45) is 5.92 Å². The molecule has 26 heavy (non-hydrogen) atoms. The van der Waals surface area contributed by atoms with Crippen molar-refractivity contribution in [3.8, 4) is 0 Å². The maximum Gasteiger partial charge on any atom is 0.290 e. The van der Waals surface area contributed by atoms with Gasteiger partial charge in [-0.1, -0.05) is 18.2 Å². The van der Waals surface area contributed by atoms with Crippen molar-refractivity contribution in [1.82, 2.24) is 14.8 Å². The van der Waals surface area contributed by atoms with Crippen LogP contribution in [0.25, 0.3) is 10.9 Å². The quantitative estimate of drug-likeness (QED) is 0.809. The lowest BCUT2D eigenvalue weighted by atomic mass is 9.84. The summed E-state index contributed by atoms with van der Waals surface area (Å²) >= 11 is 0. The van der Waals surface area contributed by atoms with E-state index < -0.39 is 0 Å². The third-order valence-corrected chi connectivity index (χ3v) is 6.07. The second-order valence-corrected chi connectivity index (χ2v) is 7.42. The highest BCUT2D eigenvalue weighted by atomic mass is 16.3. The fraction of sp³-hybridized carbons (Fsp3) is 0.500. The number of nitrogens with one attached hydrogen (secondary N) is 1. The van der Waals surface area contributed by atoms with E-state index in [-0.39, 0.29) is 12.4 Å². The van der Waals surface area contributed by atoms with Crippen molar-refractivity contribution in [3.63, 3.8) is 0 Å². The zero-order valence-electron chi connectivity index (χ0n) is 14.9. The van der Waals surface area contributed by atoms with Crippen molar-refractivity contribution in [2.75, 3.05) is 19.6 Å². The number of para-hydroxylation sites is 1. The number of carbonyl (C=O) groups is 2. The molecule has 4 aliphatic rings. The number of nitrogens with zero attached hydrogens (tertiary/aromatic N) is 2. The van der Waals surface area contributed by atoms with E-state index in [4.69, 9.17) is 9.90 Å². The van der Waals surface area contributed by atoms with E-state index in [0.717, 1.165) is 36.9 Å². The first-order valence-electron chi connectivity index (χ1n) is 9.44. The Balaban J connectivity index is 0.000000527. The van der Waals surface area contributed by atoms with Gasteiger partial charge in [0.1, 0.15) is 0 Å². The summed E-state index contributed by atoms with van der Waals surface area (Å²) in [7, 11) is 0. The van der Waals surface area contributed by atoms with Crippen LogP contribution in [0.3, 0.4) is 0 Å². The summed E-state index contributed by atoms with van der Waals surface area (Å²) in [6.45, 7) is 4.25. The molecule has 1 aromatic carbocycles. The zero-order chi connectivity index (χ0) is 18.1. The number of carbonyl (C=O) groups excluding carboxylic acids is 1. The minimum atomic E-state index is -0.250. The van der Waals surface area contributed by atoms with E-state index in [1.54, 1.807) is 0 Å². The largest absolute Gasteiger partial charge is 0.483 e. The van der Waals surface area contributed by atoms with Crippen LogP contribution < -0.4 is 5.32 Å². The number of aryl methyl sites for hydroxylation is 1. The van der Waals surface area contributed by atoms with Crippen LogP contribution in [0.5, 0.6) is 0 Å². The van der Waals surface area contributed by atoms with Gasteiger partial charge in [-0.3, -0.25) is 9.59 Å². The smallest absolute Gasteiger partial charge is 0.290 e. The van der Waals surface area contributed by atoms with E-state index in [1.807, 2.05) is 6.07 Å². The molecule has 6 heteroatoms. The van der Waals surface area contributed by atoms with Gasteiger partial charge in [0.25, 0.3) is 12.4 Å². The Hall–Kier alpha value is -2.34. The van der Waals surface area contributed by atoms with Crippen molar-refractivity contribution in [1.29, 1.82) is 0 Å². The Bertz CT molecular complexity index is 821. The predicted molar refractivity (Wildman–Crippen MR) is 99.4 cm³/mol. The van der Waals surface area contributed by atoms with E-state index in [0.29, 0.717) is 12.0 Å². The van der Waals surface area contributed by atoms with Crippen LogP contribution in [0.1, 0.15) is 35.3 Å². The van der Waals surface area contributed by atoms with Gasteiger partial charge < -0.3 is 19.9 Å². The van der Waals surface area contributed by atoms with E-state index in [1.165, 1.54) is 37.1 Å². The van der Waals surface area contributed by atoms with Crippen LogP contribution in [-0.2, 0) is 17.8 Å². The summed E-state index contributed by atoms with van der Waals surface area (Å²) < 4.78 is 2.35. The molecule has 1 aromatic heterocycles. The molecule has 0 radical (unpaired) electrons. The first-order valence-corrected chi connectivity index (χ1v) is 9.44. The highest BCUT2D eigenvalue weighted by Crippen LogP contribution is 2.32. The lowest BCUT2D eigenvalue weighted by Gasteiger charge is -2.44. The molecule has 2 N–H and O–H groups in total. The van der Waals surface area contributed by atoms with Crippen molar-refractivity contribution in [3.05, 3.63) is 35.5 Å². The average Bonchev–Trinajstić information content (AvgIpc) is 3.24. The van der Waals surface area contributed by atoms with Gasteiger partial charge in [-0.15, -0.1) is 0 Å². The molecule has 2 aromatic rings. The molecule has 0 unspecified atom stereocenters. The number of benzene rings is 1. The molecule has 0 aliphatic carbocycles. The minimum Gasteiger partial charge on any atom is -0.483 e. The molecule has 1 amide bonds. The van der Waals surface area contributed by atoms with Crippen LogP contribution in [0, 0.1) is 5.92 Å². The van der Waals surface area contributed by atoms with Gasteiger partial charge in [0, 0.05) is 35.7 Å². The Morgan fingerprint density at radius 3 is 2.62 bits per heavy atom. The van der Waals surface area contributed by atoms with Gasteiger partial charge >= 0.3 is 0 Å². The number of rotatable bonds is 2. The second-order valence-electron chi connectivity index (χ2n) is 7.42. The third-order valence-electron chi connectivity index (χ3n) is 6.07. The molecule has 3 saturated heterocycles. The van der Waals surface area contributed by atoms with Gasteiger partial charge in [0.05, 0.1) is 5.56 Å². The van der Waals surface area contributed by atoms with E-state index >= 15 is 0 Å². The maximum absolute atomic E-state index is 13.1. The molecular weight excluding hydrogens is 330 g/mol. The third kappa shape index (κ3) is 2.88. The number of piperidine rings is 3. The number of aromatic nitrogens is 1. The summed E-state index contributed by atoms with van der Waals surface area (Å²) in [6.07, 6.45) is 4.65. The highest BCUT2D eigenvalue weighted by molar-refractivity contribution is 6.08. The first kappa shape index (κ1) is 17.1. The zero-order valence-corrected chi connectivity index (χ0v) is 14.9. The molecule has 2 bridgehead atoms. The molecule has 138 valence electrons. The Kier molecular flexibility index (Phi) is 4.68. The van der Waals surface area contributed by atoms with Gasteiger partial charge in [0.15, 0.2) is 0 Å². The van der Waals surface area contributed by atoms with Gasteiger partial charge in [-0.05, 0) is 50.8 Å². The minimum absolute atomic E-state index is 0.149. The topological polar surface area (TPSA) is 74.6 Å². The van der Waals surface area contributed by atoms with Gasteiger partial charge in [-0.2, -0.15) is 0 Å². The van der Waals surface area contributed by atoms with Crippen LogP contribution in [0.4, 0.5) is 0 Å². The van der Waals surface area contributed by atoms with Crippen LogP contribution in [0.15, 0.2) is 24.3 Å². The monoisotopic (exact) mass is 355 g/mol. The number of hydrogen-bond acceptors (Lipinski definition) is 3. The number of carboxylic acid groups (broad SMARTS) is 1. The summed E-state index contributed by atoms with van der Waals surface area (Å²) in [5, 5.41) is 11.4. The number of fused-ring (bicyclic) bond motifs is 6. The normalized spacial score (nSPS) is 26.1. The maximum atomic E-state index is 13.1. The van der Waals surface area contributed by atoms with Crippen LogP contribution in [0.2, 0.25) is 0 Å². The fourth-order valence-corrected chi connectivity index (χ4v) is 4.90. The van der Waals surface area contributed by atoms with Crippen LogP contribution in [-0.4, -0.2) is 52.6 Å². The Labute approximate surface area is 152 Å². The highest BCUT2D eigenvalue weighted by Gasteiger charge is 2.36. The average molecular weight is 355 g/mol. The second kappa shape index (κ2) is 7.11. The molecule has 0 saturated carbocycles.